The molecule has 1 atom stereocenters. The van der Waals surface area contributed by atoms with E-state index < -0.39 is 5.97 Å². The number of carbonyl (C=O) groups excluding carboxylic acids is 1. The van der Waals surface area contributed by atoms with Crippen molar-refractivity contribution in [3.05, 3.63) is 68.7 Å². The number of hydrogen-bond donors (Lipinski definition) is 1. The first-order valence-electron chi connectivity index (χ1n) is 8.88. The number of aromatic hydroxyl groups is 1. The molecule has 1 N–H and O–H groups in total. The minimum absolute atomic E-state index is 0.0952. The maximum Gasteiger partial charge on any atom is 0.351 e. The molecule has 0 amide bonds. The van der Waals surface area contributed by atoms with Gasteiger partial charge < -0.3 is 14.6 Å². The number of ether oxygens (including phenoxy) is 2. The molecule has 0 saturated carbocycles. The van der Waals surface area contributed by atoms with Gasteiger partial charge >= 0.3 is 5.97 Å². The molecule has 2 aromatic heterocycles. The fourth-order valence-electron chi connectivity index (χ4n) is 3.06. The lowest BCUT2D eigenvalue weighted by Gasteiger charge is -2.16. The zero-order chi connectivity index (χ0) is 21.4. The molecule has 2 aromatic carbocycles. The van der Waals surface area contributed by atoms with Gasteiger partial charge in [0.1, 0.15) is 28.9 Å². The summed E-state index contributed by atoms with van der Waals surface area (Å²) in [6.07, 6.45) is 1.24. The first-order chi connectivity index (χ1) is 14.4. The SMILES string of the molecule is COC(=O)c1sc(-n2cnc3cc(Br)c(O)cc32)cc1O[C@H](C)c1ccccc1Cl. The fourth-order valence-corrected chi connectivity index (χ4v) is 4.67. The molecule has 0 radical (unpaired) electrons. The average molecular weight is 508 g/mol. The van der Waals surface area contributed by atoms with Gasteiger partial charge in [0.15, 0.2) is 4.88 Å². The zero-order valence-electron chi connectivity index (χ0n) is 15.9. The average Bonchev–Trinajstić information content (AvgIpc) is 3.32. The van der Waals surface area contributed by atoms with E-state index in [1.165, 1.54) is 18.4 Å². The van der Waals surface area contributed by atoms with Gasteiger partial charge in [-0.3, -0.25) is 4.57 Å². The number of rotatable bonds is 5. The molecule has 0 aliphatic rings. The van der Waals surface area contributed by atoms with Crippen molar-refractivity contribution in [1.29, 1.82) is 0 Å². The summed E-state index contributed by atoms with van der Waals surface area (Å²) in [6, 6.07) is 12.5. The Kier molecular flexibility index (Phi) is 5.73. The van der Waals surface area contributed by atoms with Gasteiger partial charge in [-0.2, -0.15) is 0 Å². The number of esters is 1. The van der Waals surface area contributed by atoms with Crippen LogP contribution >= 0.6 is 38.9 Å². The van der Waals surface area contributed by atoms with Gasteiger partial charge in [0.25, 0.3) is 0 Å². The third-order valence-electron chi connectivity index (χ3n) is 4.56. The van der Waals surface area contributed by atoms with E-state index in [0.29, 0.717) is 36.2 Å². The molecule has 6 nitrogen and oxygen atoms in total. The summed E-state index contributed by atoms with van der Waals surface area (Å²) in [7, 11) is 1.32. The minimum atomic E-state index is -0.498. The molecule has 0 unspecified atom stereocenters. The molecular formula is C21H16BrClN2O4S. The smallest absolute Gasteiger partial charge is 0.351 e. The first kappa shape index (κ1) is 20.7. The van der Waals surface area contributed by atoms with E-state index in [9.17, 15) is 9.90 Å². The van der Waals surface area contributed by atoms with Crippen molar-refractivity contribution in [3.8, 4) is 16.5 Å². The van der Waals surface area contributed by atoms with Crippen LogP contribution in [0.15, 0.2) is 53.3 Å². The second-order valence-corrected chi connectivity index (χ2v) is 8.75. The van der Waals surface area contributed by atoms with Crippen LogP contribution in [0.1, 0.15) is 28.3 Å². The number of hydrogen-bond acceptors (Lipinski definition) is 6. The topological polar surface area (TPSA) is 73.6 Å². The summed E-state index contributed by atoms with van der Waals surface area (Å²) in [5.74, 6) is -0.0158. The molecule has 4 aromatic rings. The number of phenols is 1. The lowest BCUT2D eigenvalue weighted by molar-refractivity contribution is 0.0600. The Morgan fingerprint density at radius 1 is 1.30 bits per heavy atom. The standard InChI is InChI=1S/C21H16BrClN2O4S/c1-11(12-5-3-4-6-14(12)23)29-18-9-19(30-20(18)21(27)28-2)25-10-24-15-7-13(22)17(26)8-16(15)25/h3-11,26H,1-2H3/t11-/m1/s1. The maximum absolute atomic E-state index is 12.4. The number of benzene rings is 2. The van der Waals surface area contributed by atoms with Crippen LogP contribution in [0.25, 0.3) is 16.0 Å². The third kappa shape index (κ3) is 3.78. The van der Waals surface area contributed by atoms with Crippen molar-refractivity contribution >= 4 is 55.9 Å². The van der Waals surface area contributed by atoms with Gasteiger partial charge in [-0.05, 0) is 35.0 Å². The summed E-state index contributed by atoms with van der Waals surface area (Å²) in [5.41, 5.74) is 2.20. The monoisotopic (exact) mass is 506 g/mol. The van der Waals surface area contributed by atoms with Crippen molar-refractivity contribution in [1.82, 2.24) is 9.55 Å². The Bertz CT molecular complexity index is 1250. The van der Waals surface area contributed by atoms with Gasteiger partial charge in [-0.25, -0.2) is 9.78 Å². The van der Waals surface area contributed by atoms with E-state index in [1.54, 1.807) is 35.2 Å². The van der Waals surface area contributed by atoms with Crippen LogP contribution in [-0.4, -0.2) is 27.7 Å². The van der Waals surface area contributed by atoms with E-state index in [0.717, 1.165) is 5.56 Å². The Balaban J connectivity index is 1.77. The maximum atomic E-state index is 12.4. The highest BCUT2D eigenvalue weighted by Crippen LogP contribution is 2.38. The van der Waals surface area contributed by atoms with Crippen molar-refractivity contribution in [2.45, 2.75) is 13.0 Å². The van der Waals surface area contributed by atoms with Crippen LogP contribution < -0.4 is 4.74 Å². The first-order valence-corrected chi connectivity index (χ1v) is 10.9. The van der Waals surface area contributed by atoms with E-state index in [1.807, 2.05) is 25.1 Å². The molecule has 0 fully saturated rings. The van der Waals surface area contributed by atoms with Crippen LogP contribution in [0.2, 0.25) is 5.02 Å². The molecule has 0 spiro atoms. The molecule has 0 bridgehead atoms. The highest BCUT2D eigenvalue weighted by atomic mass is 79.9. The fraction of sp³-hybridized carbons (Fsp3) is 0.143. The number of carbonyl (C=O) groups is 1. The Labute approximate surface area is 189 Å². The van der Waals surface area contributed by atoms with Gasteiger partial charge in [0.05, 0.1) is 22.6 Å². The van der Waals surface area contributed by atoms with Crippen molar-refractivity contribution in [2.24, 2.45) is 0 Å². The number of aromatic nitrogens is 2. The Morgan fingerprint density at radius 3 is 2.80 bits per heavy atom. The molecule has 0 aliphatic heterocycles. The van der Waals surface area contributed by atoms with Crippen LogP contribution in [0, 0.1) is 0 Å². The summed E-state index contributed by atoms with van der Waals surface area (Å²) >= 11 is 10.8. The minimum Gasteiger partial charge on any atom is -0.507 e. The molecule has 9 heteroatoms. The lowest BCUT2D eigenvalue weighted by atomic mass is 10.1. The molecular weight excluding hydrogens is 492 g/mol. The molecule has 30 heavy (non-hydrogen) atoms. The van der Waals surface area contributed by atoms with Gasteiger partial charge in [-0.15, -0.1) is 11.3 Å². The molecule has 154 valence electrons. The highest BCUT2D eigenvalue weighted by Gasteiger charge is 2.23. The number of imidazole rings is 1. The van der Waals surface area contributed by atoms with Gasteiger partial charge in [0.2, 0.25) is 0 Å². The number of fused-ring (bicyclic) bond motifs is 1. The molecule has 0 saturated heterocycles. The number of halogens is 2. The Morgan fingerprint density at radius 2 is 2.07 bits per heavy atom. The number of nitrogens with zero attached hydrogens (tertiary/aromatic N) is 2. The molecule has 2 heterocycles. The predicted molar refractivity (Wildman–Crippen MR) is 120 cm³/mol. The predicted octanol–water partition coefficient (Wildman–Crippen LogP) is 6.14. The largest absolute Gasteiger partial charge is 0.507 e. The van der Waals surface area contributed by atoms with E-state index in [4.69, 9.17) is 21.1 Å². The second kappa shape index (κ2) is 8.29. The van der Waals surface area contributed by atoms with Crippen molar-refractivity contribution in [3.63, 3.8) is 0 Å². The van der Waals surface area contributed by atoms with Crippen LogP contribution in [0.3, 0.4) is 0 Å². The van der Waals surface area contributed by atoms with Crippen molar-refractivity contribution in [2.75, 3.05) is 7.11 Å². The van der Waals surface area contributed by atoms with Crippen LogP contribution in [0.5, 0.6) is 11.5 Å². The zero-order valence-corrected chi connectivity index (χ0v) is 19.1. The van der Waals surface area contributed by atoms with Crippen molar-refractivity contribution < 1.29 is 19.4 Å². The van der Waals surface area contributed by atoms with Crippen LogP contribution in [0.4, 0.5) is 0 Å². The number of phenolic OH excluding ortho intramolecular Hbond substituents is 1. The summed E-state index contributed by atoms with van der Waals surface area (Å²) in [5, 5.41) is 11.3. The number of methoxy groups -OCH3 is 1. The van der Waals surface area contributed by atoms with Gasteiger partial charge in [0, 0.05) is 22.7 Å². The summed E-state index contributed by atoms with van der Waals surface area (Å²) < 4.78 is 13.4. The number of thiophene rings is 1. The summed E-state index contributed by atoms with van der Waals surface area (Å²) in [4.78, 5) is 17.1. The normalized spacial score (nSPS) is 12.1. The van der Waals surface area contributed by atoms with Gasteiger partial charge in [-0.1, -0.05) is 29.8 Å². The highest BCUT2D eigenvalue weighted by molar-refractivity contribution is 9.10. The van der Waals surface area contributed by atoms with E-state index in [-0.39, 0.29) is 11.9 Å². The quantitative estimate of drug-likeness (QED) is 0.329. The summed E-state index contributed by atoms with van der Waals surface area (Å²) in [6.45, 7) is 1.86. The second-order valence-electron chi connectivity index (χ2n) is 6.46. The lowest BCUT2D eigenvalue weighted by Crippen LogP contribution is -2.07. The van der Waals surface area contributed by atoms with Crippen LogP contribution in [-0.2, 0) is 4.74 Å². The third-order valence-corrected chi connectivity index (χ3v) is 6.63. The van der Waals surface area contributed by atoms with E-state index in [2.05, 4.69) is 20.9 Å². The Hall–Kier alpha value is -2.55. The molecule has 0 aliphatic carbocycles. The molecule has 4 rings (SSSR count). The van der Waals surface area contributed by atoms with E-state index >= 15 is 0 Å².